The van der Waals surface area contributed by atoms with Gasteiger partial charge in [-0.1, -0.05) is 42.5 Å². The first-order chi connectivity index (χ1) is 8.00. The number of hydrogen-bond acceptors (Lipinski definition) is 2. The molecule has 4 nitrogen and oxygen atoms in total. The second kappa shape index (κ2) is 6.20. The van der Waals surface area contributed by atoms with Crippen LogP contribution in [0.15, 0.2) is 30.3 Å². The third-order valence-electron chi connectivity index (χ3n) is 2.11. The third-order valence-corrected chi connectivity index (χ3v) is 2.35. The zero-order valence-corrected chi connectivity index (χ0v) is 10.8. The quantitative estimate of drug-likeness (QED) is 0.714. The maximum atomic E-state index is 11.6. The van der Waals surface area contributed by atoms with Crippen LogP contribution in [0.2, 0.25) is 0 Å². The van der Waals surface area contributed by atoms with Crippen LogP contribution in [0.3, 0.4) is 0 Å². The van der Waals surface area contributed by atoms with Crippen LogP contribution in [0.25, 0.3) is 0 Å². The molecule has 1 rings (SSSR count). The van der Waals surface area contributed by atoms with Crippen molar-refractivity contribution in [3.8, 4) is 0 Å². The predicted molar refractivity (Wildman–Crippen MR) is 72.8 cm³/mol. The van der Waals surface area contributed by atoms with Crippen molar-refractivity contribution < 1.29 is 4.79 Å². The fourth-order valence-electron chi connectivity index (χ4n) is 1.40. The lowest BCUT2D eigenvalue weighted by Crippen LogP contribution is -2.44. The summed E-state index contributed by atoms with van der Waals surface area (Å²) < 4.78 is 0. The molecule has 0 bridgehead atoms. The zero-order chi connectivity index (χ0) is 12.8. The number of nitrogens with one attached hydrogen (secondary N) is 2. The molecule has 0 aliphatic rings. The minimum atomic E-state index is -0.440. The average Bonchev–Trinajstić information content (AvgIpc) is 2.25. The summed E-state index contributed by atoms with van der Waals surface area (Å²) in [7, 11) is 0. The lowest BCUT2D eigenvalue weighted by atomic mass is 10.1. The van der Waals surface area contributed by atoms with E-state index in [1.54, 1.807) is 0 Å². The van der Waals surface area contributed by atoms with Crippen molar-refractivity contribution in [2.45, 2.75) is 25.9 Å². The van der Waals surface area contributed by atoms with Crippen LogP contribution in [0.5, 0.6) is 0 Å². The molecule has 4 N–H and O–H groups in total. The molecule has 0 aliphatic heterocycles. The van der Waals surface area contributed by atoms with Gasteiger partial charge in [-0.15, -0.1) is 0 Å². The summed E-state index contributed by atoms with van der Waals surface area (Å²) in [5, 5.41) is 5.48. The van der Waals surface area contributed by atoms with Crippen molar-refractivity contribution in [3.63, 3.8) is 0 Å². The molecule has 0 radical (unpaired) electrons. The molecule has 0 aliphatic carbocycles. The van der Waals surface area contributed by atoms with E-state index >= 15 is 0 Å². The van der Waals surface area contributed by atoms with Gasteiger partial charge in [0.15, 0.2) is 0 Å². The lowest BCUT2D eigenvalue weighted by molar-refractivity contribution is 0.237. The van der Waals surface area contributed by atoms with Crippen molar-refractivity contribution in [2.75, 3.05) is 0 Å². The summed E-state index contributed by atoms with van der Waals surface area (Å²) >= 11 is 4.97. The van der Waals surface area contributed by atoms with Crippen molar-refractivity contribution >= 4 is 23.2 Å². The first-order valence-corrected chi connectivity index (χ1v) is 5.83. The van der Waals surface area contributed by atoms with E-state index in [2.05, 4.69) is 10.6 Å². The summed E-state index contributed by atoms with van der Waals surface area (Å²) in [6.45, 7) is 3.77. The van der Waals surface area contributed by atoms with Crippen LogP contribution >= 0.6 is 12.2 Å². The molecule has 0 spiro atoms. The maximum Gasteiger partial charge on any atom is 0.315 e. The number of carbonyl (C=O) groups is 1. The fourth-order valence-corrected chi connectivity index (χ4v) is 1.59. The molecule has 17 heavy (non-hydrogen) atoms. The topological polar surface area (TPSA) is 67.2 Å². The molecule has 0 saturated carbocycles. The molecule has 0 saturated heterocycles. The van der Waals surface area contributed by atoms with Gasteiger partial charge in [-0.2, -0.15) is 0 Å². The van der Waals surface area contributed by atoms with Crippen LogP contribution in [-0.4, -0.2) is 17.1 Å². The number of hydrogen-bond donors (Lipinski definition) is 3. The van der Waals surface area contributed by atoms with Gasteiger partial charge in [-0.3, -0.25) is 0 Å². The summed E-state index contributed by atoms with van der Waals surface area (Å²) in [6.07, 6.45) is 0. The first-order valence-electron chi connectivity index (χ1n) is 5.42. The van der Waals surface area contributed by atoms with E-state index in [9.17, 15) is 4.79 Å². The van der Waals surface area contributed by atoms with Crippen LogP contribution in [0.1, 0.15) is 25.5 Å². The minimum Gasteiger partial charge on any atom is -0.391 e. The van der Waals surface area contributed by atoms with Crippen molar-refractivity contribution in [3.05, 3.63) is 35.9 Å². The molecular formula is C12H17N3OS. The number of thiocarbonyl (C=S) groups is 1. The molecule has 1 atom stereocenters. The van der Waals surface area contributed by atoms with E-state index in [4.69, 9.17) is 18.0 Å². The van der Waals surface area contributed by atoms with E-state index in [1.807, 2.05) is 44.2 Å². The summed E-state index contributed by atoms with van der Waals surface area (Å²) in [5.74, 6) is 0. The number of amides is 2. The molecule has 0 fully saturated rings. The highest BCUT2D eigenvalue weighted by molar-refractivity contribution is 7.80. The Kier molecular flexibility index (Phi) is 4.90. The average molecular weight is 251 g/mol. The molecule has 0 heterocycles. The molecule has 1 aromatic rings. The SMILES string of the molecule is CC(C)NC(=O)NC(C(N)=S)c1ccccc1. The van der Waals surface area contributed by atoms with Crippen LogP contribution < -0.4 is 16.4 Å². The second-order valence-corrected chi connectivity index (χ2v) is 4.49. The third kappa shape index (κ3) is 4.40. The van der Waals surface area contributed by atoms with Crippen molar-refractivity contribution in [2.24, 2.45) is 5.73 Å². The van der Waals surface area contributed by atoms with Crippen molar-refractivity contribution in [1.29, 1.82) is 0 Å². The summed E-state index contributed by atoms with van der Waals surface area (Å²) in [6, 6.07) is 8.75. The Labute approximate surface area is 107 Å². The fraction of sp³-hybridized carbons (Fsp3) is 0.333. The minimum absolute atomic E-state index is 0.0674. The number of nitrogens with two attached hydrogens (primary N) is 1. The number of urea groups is 1. The monoisotopic (exact) mass is 251 g/mol. The molecule has 92 valence electrons. The van der Waals surface area contributed by atoms with Gasteiger partial charge >= 0.3 is 6.03 Å². The highest BCUT2D eigenvalue weighted by Gasteiger charge is 2.17. The Hall–Kier alpha value is -1.62. The van der Waals surface area contributed by atoms with E-state index < -0.39 is 6.04 Å². The van der Waals surface area contributed by atoms with E-state index in [0.717, 1.165) is 5.56 Å². The van der Waals surface area contributed by atoms with E-state index in [1.165, 1.54) is 0 Å². The van der Waals surface area contributed by atoms with Gasteiger partial charge in [0, 0.05) is 6.04 Å². The molecule has 5 heteroatoms. The molecule has 1 aromatic carbocycles. The smallest absolute Gasteiger partial charge is 0.315 e. The standard InChI is InChI=1S/C12H17N3OS/c1-8(2)14-12(16)15-10(11(13)17)9-6-4-3-5-7-9/h3-8,10H,1-2H3,(H2,13,17)(H2,14,15,16). The maximum absolute atomic E-state index is 11.6. The Balaban J connectivity index is 2.75. The Morgan fingerprint density at radius 1 is 1.24 bits per heavy atom. The number of rotatable bonds is 4. The first kappa shape index (κ1) is 13.4. The number of benzene rings is 1. The van der Waals surface area contributed by atoms with Gasteiger partial charge in [-0.05, 0) is 19.4 Å². The van der Waals surface area contributed by atoms with E-state index in [0.29, 0.717) is 0 Å². The normalized spacial score (nSPS) is 11.9. The Morgan fingerprint density at radius 2 is 1.82 bits per heavy atom. The van der Waals surface area contributed by atoms with Crippen LogP contribution in [0, 0.1) is 0 Å². The van der Waals surface area contributed by atoms with Crippen LogP contribution in [-0.2, 0) is 0 Å². The summed E-state index contributed by atoms with van der Waals surface area (Å²) in [4.78, 5) is 11.8. The predicted octanol–water partition coefficient (Wildman–Crippen LogP) is 1.72. The van der Waals surface area contributed by atoms with Gasteiger partial charge in [-0.25, -0.2) is 4.79 Å². The Morgan fingerprint density at radius 3 is 2.29 bits per heavy atom. The summed E-state index contributed by atoms with van der Waals surface area (Å²) in [5.41, 5.74) is 6.51. The van der Waals surface area contributed by atoms with Crippen molar-refractivity contribution in [1.82, 2.24) is 10.6 Å². The largest absolute Gasteiger partial charge is 0.391 e. The van der Waals surface area contributed by atoms with Gasteiger partial charge in [0.25, 0.3) is 0 Å². The highest BCUT2D eigenvalue weighted by Crippen LogP contribution is 2.12. The molecule has 2 amide bonds. The lowest BCUT2D eigenvalue weighted by Gasteiger charge is -2.19. The van der Waals surface area contributed by atoms with E-state index in [-0.39, 0.29) is 17.1 Å². The molecule has 0 aromatic heterocycles. The molecular weight excluding hydrogens is 234 g/mol. The van der Waals surface area contributed by atoms with Gasteiger partial charge in [0.1, 0.15) is 11.0 Å². The van der Waals surface area contributed by atoms with Gasteiger partial charge < -0.3 is 16.4 Å². The number of carbonyl (C=O) groups excluding carboxylic acids is 1. The van der Waals surface area contributed by atoms with Gasteiger partial charge in [0.05, 0.1) is 0 Å². The van der Waals surface area contributed by atoms with Crippen LogP contribution in [0.4, 0.5) is 4.79 Å². The molecule has 1 unspecified atom stereocenters. The highest BCUT2D eigenvalue weighted by atomic mass is 32.1. The zero-order valence-electron chi connectivity index (χ0n) is 9.94. The van der Waals surface area contributed by atoms with Gasteiger partial charge in [0.2, 0.25) is 0 Å². The Bertz CT molecular complexity index is 392. The second-order valence-electron chi connectivity index (χ2n) is 4.02.